The van der Waals surface area contributed by atoms with Crippen LogP contribution in [0.2, 0.25) is 0 Å². The van der Waals surface area contributed by atoms with Crippen molar-refractivity contribution in [3.8, 4) is 0 Å². The van der Waals surface area contributed by atoms with Crippen molar-refractivity contribution in [1.29, 1.82) is 0 Å². The van der Waals surface area contributed by atoms with E-state index < -0.39 is 5.69 Å². The fraction of sp³-hybridized carbons (Fsp3) is 0.529. The second-order valence-corrected chi connectivity index (χ2v) is 7.53. The van der Waals surface area contributed by atoms with Crippen LogP contribution in [-0.2, 0) is 22.6 Å². The Hall–Kier alpha value is -2.46. The zero-order valence-electron chi connectivity index (χ0n) is 15.0. The van der Waals surface area contributed by atoms with Crippen LogP contribution in [0.4, 0.5) is 0 Å². The molecule has 144 valence electrons. The highest BCUT2D eigenvalue weighted by Crippen LogP contribution is 2.19. The van der Waals surface area contributed by atoms with E-state index in [1.807, 2.05) is 6.92 Å². The van der Waals surface area contributed by atoms with E-state index in [0.717, 1.165) is 23.9 Å². The zero-order valence-corrected chi connectivity index (χ0v) is 15.8. The molecular weight excluding hydrogens is 370 g/mol. The number of nitrogens with one attached hydrogen (secondary N) is 1. The van der Waals surface area contributed by atoms with E-state index >= 15 is 0 Å². The Kier molecular flexibility index (Phi) is 4.83. The zero-order chi connectivity index (χ0) is 19.0. The Labute approximate surface area is 158 Å². The van der Waals surface area contributed by atoms with E-state index in [1.165, 1.54) is 20.3 Å². The molecule has 1 aliphatic rings. The first-order chi connectivity index (χ1) is 13.1. The van der Waals surface area contributed by atoms with E-state index in [0.29, 0.717) is 29.9 Å². The molecule has 0 aromatic carbocycles. The molecule has 1 unspecified atom stereocenters. The maximum absolute atomic E-state index is 12.9. The lowest BCUT2D eigenvalue weighted by atomic mass is 10.2. The molecule has 4 rings (SSSR count). The minimum absolute atomic E-state index is 0.0722. The standard InChI is InChI=1S/C17H21N5O4S/c1-2-6-18-13(23)10-21-17(25)22-12-5-8-27-14(12)15(24)20(16(22)19-21)9-11-4-3-7-26-11/h5,8,11H,2-4,6-7,9-10H2,1H3,(H,18,23). The molecule has 1 N–H and O–H groups in total. The monoisotopic (exact) mass is 391 g/mol. The van der Waals surface area contributed by atoms with Gasteiger partial charge in [-0.05, 0) is 30.7 Å². The Morgan fingerprint density at radius 3 is 3.04 bits per heavy atom. The highest BCUT2D eigenvalue weighted by Gasteiger charge is 2.23. The number of ether oxygens (including phenoxy) is 1. The molecule has 0 spiro atoms. The number of rotatable bonds is 6. The van der Waals surface area contributed by atoms with Crippen LogP contribution in [0.1, 0.15) is 26.2 Å². The Balaban J connectivity index is 1.84. The fourth-order valence-corrected chi connectivity index (χ4v) is 4.17. The van der Waals surface area contributed by atoms with Gasteiger partial charge in [-0.15, -0.1) is 16.4 Å². The Morgan fingerprint density at radius 2 is 2.30 bits per heavy atom. The molecule has 3 aromatic heterocycles. The molecule has 10 heteroatoms. The van der Waals surface area contributed by atoms with Gasteiger partial charge in [0.2, 0.25) is 11.7 Å². The van der Waals surface area contributed by atoms with Crippen molar-refractivity contribution in [2.24, 2.45) is 0 Å². The van der Waals surface area contributed by atoms with Crippen molar-refractivity contribution < 1.29 is 9.53 Å². The third-order valence-corrected chi connectivity index (χ3v) is 5.56. The number of hydrogen-bond donors (Lipinski definition) is 1. The first kappa shape index (κ1) is 17.9. The van der Waals surface area contributed by atoms with E-state index in [-0.39, 0.29) is 29.9 Å². The highest BCUT2D eigenvalue weighted by atomic mass is 32.1. The lowest BCUT2D eigenvalue weighted by molar-refractivity contribution is -0.121. The van der Waals surface area contributed by atoms with Crippen molar-refractivity contribution in [1.82, 2.24) is 24.1 Å². The Morgan fingerprint density at radius 1 is 1.44 bits per heavy atom. The molecule has 1 fully saturated rings. The average molecular weight is 391 g/mol. The summed E-state index contributed by atoms with van der Waals surface area (Å²) < 4.78 is 10.2. The first-order valence-corrected chi connectivity index (χ1v) is 9.96. The number of aromatic nitrogens is 4. The fourth-order valence-electron chi connectivity index (χ4n) is 3.35. The van der Waals surface area contributed by atoms with E-state index in [4.69, 9.17) is 4.74 Å². The predicted octanol–water partition coefficient (Wildman–Crippen LogP) is 0.578. The molecule has 0 aliphatic carbocycles. The number of nitrogens with zero attached hydrogens (tertiary/aromatic N) is 4. The van der Waals surface area contributed by atoms with Crippen LogP contribution in [0.25, 0.3) is 16.0 Å². The number of fused-ring (bicyclic) bond motifs is 3. The molecular formula is C17H21N5O4S. The molecule has 1 atom stereocenters. The van der Waals surface area contributed by atoms with Crippen LogP contribution in [0.5, 0.6) is 0 Å². The molecule has 1 amide bonds. The van der Waals surface area contributed by atoms with Gasteiger partial charge in [-0.1, -0.05) is 6.92 Å². The third kappa shape index (κ3) is 3.19. The molecule has 4 heterocycles. The third-order valence-electron chi connectivity index (χ3n) is 4.66. The van der Waals surface area contributed by atoms with Crippen LogP contribution in [0.3, 0.4) is 0 Å². The number of carbonyl (C=O) groups is 1. The van der Waals surface area contributed by atoms with Crippen molar-refractivity contribution in [2.45, 2.75) is 45.4 Å². The summed E-state index contributed by atoms with van der Waals surface area (Å²) in [5.74, 6) is -0.0355. The molecule has 9 nitrogen and oxygen atoms in total. The summed E-state index contributed by atoms with van der Waals surface area (Å²) in [4.78, 5) is 37.9. The van der Waals surface area contributed by atoms with Crippen LogP contribution < -0.4 is 16.6 Å². The van der Waals surface area contributed by atoms with Gasteiger partial charge in [0, 0.05) is 13.2 Å². The second-order valence-electron chi connectivity index (χ2n) is 6.61. The van der Waals surface area contributed by atoms with Crippen LogP contribution >= 0.6 is 11.3 Å². The Bertz CT molecular complexity index is 1100. The molecule has 0 bridgehead atoms. The van der Waals surface area contributed by atoms with Crippen molar-refractivity contribution >= 4 is 33.2 Å². The lowest BCUT2D eigenvalue weighted by Crippen LogP contribution is -2.33. The summed E-state index contributed by atoms with van der Waals surface area (Å²) in [6.45, 7) is 3.33. The van der Waals surface area contributed by atoms with Gasteiger partial charge in [-0.2, -0.15) is 0 Å². The molecule has 1 aliphatic heterocycles. The van der Waals surface area contributed by atoms with Gasteiger partial charge in [0.1, 0.15) is 11.2 Å². The van der Waals surface area contributed by atoms with Gasteiger partial charge in [0.15, 0.2) is 0 Å². The summed E-state index contributed by atoms with van der Waals surface area (Å²) in [5.41, 5.74) is -0.0921. The van der Waals surface area contributed by atoms with Crippen molar-refractivity contribution in [3.63, 3.8) is 0 Å². The lowest BCUT2D eigenvalue weighted by Gasteiger charge is -2.12. The number of amides is 1. The minimum Gasteiger partial charge on any atom is -0.376 e. The summed E-state index contributed by atoms with van der Waals surface area (Å²) in [6, 6.07) is 1.73. The smallest absolute Gasteiger partial charge is 0.352 e. The van der Waals surface area contributed by atoms with Crippen molar-refractivity contribution in [3.05, 3.63) is 32.3 Å². The highest BCUT2D eigenvalue weighted by molar-refractivity contribution is 7.17. The maximum atomic E-state index is 12.9. The van der Waals surface area contributed by atoms with Gasteiger partial charge < -0.3 is 10.1 Å². The molecule has 0 saturated carbocycles. The molecule has 3 aromatic rings. The normalized spacial score (nSPS) is 17.1. The van der Waals surface area contributed by atoms with Crippen LogP contribution in [-0.4, -0.2) is 43.9 Å². The summed E-state index contributed by atoms with van der Waals surface area (Å²) in [5, 5.41) is 8.82. The largest absolute Gasteiger partial charge is 0.376 e. The summed E-state index contributed by atoms with van der Waals surface area (Å²) in [7, 11) is 0. The van der Waals surface area contributed by atoms with Crippen LogP contribution in [0.15, 0.2) is 21.0 Å². The summed E-state index contributed by atoms with van der Waals surface area (Å²) >= 11 is 1.29. The number of hydrogen-bond acceptors (Lipinski definition) is 6. The summed E-state index contributed by atoms with van der Waals surface area (Å²) in [6.07, 6.45) is 2.56. The van der Waals surface area contributed by atoms with Crippen LogP contribution in [0, 0.1) is 0 Å². The SMILES string of the molecule is CCCNC(=O)Cn1nc2n(CC3CCCO3)c(=O)c3sccc3n2c1=O. The van der Waals surface area contributed by atoms with Gasteiger partial charge in [0.25, 0.3) is 5.56 Å². The van der Waals surface area contributed by atoms with Gasteiger partial charge in [-0.3, -0.25) is 14.2 Å². The first-order valence-electron chi connectivity index (χ1n) is 9.08. The average Bonchev–Trinajstić information content (AvgIpc) is 3.38. The predicted molar refractivity (Wildman–Crippen MR) is 101 cm³/mol. The van der Waals surface area contributed by atoms with Gasteiger partial charge >= 0.3 is 5.69 Å². The molecule has 27 heavy (non-hydrogen) atoms. The quantitative estimate of drug-likeness (QED) is 0.663. The minimum atomic E-state index is -0.430. The van der Waals surface area contributed by atoms with E-state index in [2.05, 4.69) is 10.4 Å². The van der Waals surface area contributed by atoms with Gasteiger partial charge in [0.05, 0.1) is 18.2 Å². The molecule has 0 radical (unpaired) electrons. The maximum Gasteiger partial charge on any atom is 0.352 e. The van der Waals surface area contributed by atoms with Gasteiger partial charge in [-0.25, -0.2) is 13.9 Å². The topological polar surface area (TPSA) is 99.6 Å². The second kappa shape index (κ2) is 7.28. The van der Waals surface area contributed by atoms with E-state index in [9.17, 15) is 14.4 Å². The van der Waals surface area contributed by atoms with Crippen molar-refractivity contribution in [2.75, 3.05) is 13.2 Å². The van der Waals surface area contributed by atoms with E-state index in [1.54, 1.807) is 11.4 Å². The number of thiophene rings is 1. The molecule has 1 saturated heterocycles. The number of carbonyl (C=O) groups excluding carboxylic acids is 1.